The van der Waals surface area contributed by atoms with Gasteiger partial charge in [-0.2, -0.15) is 5.10 Å². The van der Waals surface area contributed by atoms with Gasteiger partial charge in [0.15, 0.2) is 0 Å². The van der Waals surface area contributed by atoms with E-state index in [-0.39, 0.29) is 17.8 Å². The van der Waals surface area contributed by atoms with E-state index < -0.39 is 6.04 Å². The fraction of sp³-hybridized carbons (Fsp3) is 0.500. The first-order valence-electron chi connectivity index (χ1n) is 8.85. The largest absolute Gasteiger partial charge is 0.352 e. The first-order valence-corrected chi connectivity index (χ1v) is 8.85. The number of likely N-dealkylation sites (tertiary alicyclic amines) is 1. The molecule has 0 bridgehead atoms. The topological polar surface area (TPSA) is 63.1 Å². The predicted octanol–water partition coefficient (Wildman–Crippen LogP) is 1.90. The van der Waals surface area contributed by atoms with Crippen molar-refractivity contribution < 1.29 is 9.18 Å². The van der Waals surface area contributed by atoms with Crippen LogP contribution in [0.4, 0.5) is 4.39 Å². The number of rotatable bonds is 6. The van der Waals surface area contributed by atoms with Gasteiger partial charge in [-0.15, -0.1) is 0 Å². The van der Waals surface area contributed by atoms with Gasteiger partial charge in [0, 0.05) is 12.1 Å². The average Bonchev–Trinajstić information content (AvgIpc) is 3.08. The summed E-state index contributed by atoms with van der Waals surface area (Å²) in [5.41, 5.74) is 0.838. The molecule has 25 heavy (non-hydrogen) atoms. The quantitative estimate of drug-likeness (QED) is 0.870. The summed E-state index contributed by atoms with van der Waals surface area (Å²) in [4.78, 5) is 19.2. The molecule has 2 heterocycles. The predicted molar refractivity (Wildman–Crippen MR) is 90.1 cm³/mol. The highest BCUT2D eigenvalue weighted by Gasteiger charge is 2.38. The Morgan fingerprint density at radius 3 is 2.76 bits per heavy atom. The molecule has 1 aromatic heterocycles. The van der Waals surface area contributed by atoms with E-state index in [1.54, 1.807) is 18.5 Å². The normalized spacial score (nSPS) is 22.0. The van der Waals surface area contributed by atoms with Crippen molar-refractivity contribution in [1.82, 2.24) is 25.0 Å². The zero-order valence-corrected chi connectivity index (χ0v) is 14.0. The Balaban J connectivity index is 1.59. The molecule has 132 valence electrons. The summed E-state index contributed by atoms with van der Waals surface area (Å²) in [6.07, 6.45) is 7.36. The number of benzene rings is 1. The minimum atomic E-state index is -0.391. The van der Waals surface area contributed by atoms with Crippen molar-refractivity contribution in [1.29, 1.82) is 0 Å². The lowest BCUT2D eigenvalue weighted by atomic mass is 10.0. The van der Waals surface area contributed by atoms with E-state index in [0.29, 0.717) is 12.6 Å². The summed E-state index contributed by atoms with van der Waals surface area (Å²) in [6.45, 7) is 1.55. The summed E-state index contributed by atoms with van der Waals surface area (Å²) in [5, 5.41) is 7.30. The standard InChI is InChI=1S/C18H22FN5O/c19-14-5-3-13(4-6-14)17(18(25)22-15-7-8-15)24-9-1-2-16(24)10-23-12-20-11-21-23/h3-6,11-12,15-17H,1-2,7-10H2,(H,22,25). The smallest absolute Gasteiger partial charge is 0.242 e. The van der Waals surface area contributed by atoms with Gasteiger partial charge in [-0.25, -0.2) is 9.37 Å². The summed E-state index contributed by atoms with van der Waals surface area (Å²) in [5.74, 6) is -0.273. The van der Waals surface area contributed by atoms with Gasteiger partial charge in [0.05, 0.1) is 6.54 Å². The van der Waals surface area contributed by atoms with Crippen molar-refractivity contribution in [2.24, 2.45) is 0 Å². The molecule has 1 aromatic carbocycles. The average molecular weight is 343 g/mol. The third kappa shape index (κ3) is 3.71. The van der Waals surface area contributed by atoms with Crippen molar-refractivity contribution in [3.8, 4) is 0 Å². The molecular weight excluding hydrogens is 321 g/mol. The number of halogens is 1. The molecule has 1 N–H and O–H groups in total. The molecule has 2 aliphatic rings. The molecule has 6 nitrogen and oxygen atoms in total. The second-order valence-corrected chi connectivity index (χ2v) is 6.89. The third-order valence-electron chi connectivity index (χ3n) is 4.98. The van der Waals surface area contributed by atoms with E-state index in [4.69, 9.17) is 0 Å². The monoisotopic (exact) mass is 343 g/mol. The van der Waals surface area contributed by atoms with Crippen molar-refractivity contribution in [3.63, 3.8) is 0 Å². The number of carbonyl (C=O) groups is 1. The molecule has 1 aliphatic heterocycles. The molecule has 0 radical (unpaired) electrons. The molecule has 1 amide bonds. The maximum atomic E-state index is 13.3. The van der Waals surface area contributed by atoms with Crippen LogP contribution in [0.25, 0.3) is 0 Å². The van der Waals surface area contributed by atoms with Crippen molar-refractivity contribution in [2.75, 3.05) is 6.54 Å². The summed E-state index contributed by atoms with van der Waals surface area (Å²) < 4.78 is 15.2. The van der Waals surface area contributed by atoms with Gasteiger partial charge in [-0.1, -0.05) is 12.1 Å². The van der Waals surface area contributed by atoms with Crippen LogP contribution in [0.15, 0.2) is 36.9 Å². The van der Waals surface area contributed by atoms with Crippen LogP contribution in [0.5, 0.6) is 0 Å². The Bertz CT molecular complexity index is 714. The number of amides is 1. The van der Waals surface area contributed by atoms with Gasteiger partial charge < -0.3 is 5.32 Å². The fourth-order valence-corrected chi connectivity index (χ4v) is 3.58. The van der Waals surface area contributed by atoms with Crippen molar-refractivity contribution in [3.05, 3.63) is 48.3 Å². The molecule has 7 heteroatoms. The lowest BCUT2D eigenvalue weighted by molar-refractivity contribution is -0.127. The van der Waals surface area contributed by atoms with Crippen molar-refractivity contribution >= 4 is 5.91 Å². The SMILES string of the molecule is O=C(NC1CC1)C(c1ccc(F)cc1)N1CCCC1Cn1cncn1. The zero-order chi connectivity index (χ0) is 17.2. The van der Waals surface area contributed by atoms with Crippen LogP contribution in [0.1, 0.15) is 37.3 Å². The second kappa shape index (κ2) is 6.92. The number of carbonyl (C=O) groups excluding carboxylic acids is 1. The van der Waals surface area contributed by atoms with Gasteiger partial charge in [-0.3, -0.25) is 14.4 Å². The van der Waals surface area contributed by atoms with Crippen LogP contribution in [0.2, 0.25) is 0 Å². The van der Waals surface area contributed by atoms with Crippen LogP contribution in [0, 0.1) is 5.82 Å². The number of hydrogen-bond acceptors (Lipinski definition) is 4. The molecule has 0 spiro atoms. The maximum absolute atomic E-state index is 13.3. The maximum Gasteiger partial charge on any atom is 0.242 e. The lowest BCUT2D eigenvalue weighted by Gasteiger charge is -2.32. The van der Waals surface area contributed by atoms with Crippen LogP contribution in [-0.2, 0) is 11.3 Å². The van der Waals surface area contributed by atoms with Gasteiger partial charge >= 0.3 is 0 Å². The van der Waals surface area contributed by atoms with Crippen LogP contribution < -0.4 is 5.32 Å². The minimum Gasteiger partial charge on any atom is -0.352 e. The summed E-state index contributed by atoms with van der Waals surface area (Å²) in [7, 11) is 0. The molecule has 1 saturated heterocycles. The van der Waals surface area contributed by atoms with E-state index in [0.717, 1.165) is 37.8 Å². The summed E-state index contributed by atoms with van der Waals surface area (Å²) in [6, 6.07) is 6.41. The molecule has 1 saturated carbocycles. The van der Waals surface area contributed by atoms with Crippen molar-refractivity contribution in [2.45, 2.75) is 50.4 Å². The number of hydrogen-bond donors (Lipinski definition) is 1. The first kappa shape index (κ1) is 16.2. The number of nitrogens with one attached hydrogen (secondary N) is 1. The molecule has 2 unspecified atom stereocenters. The van der Waals surface area contributed by atoms with E-state index >= 15 is 0 Å². The number of aromatic nitrogens is 3. The van der Waals surface area contributed by atoms with E-state index in [9.17, 15) is 9.18 Å². The van der Waals surface area contributed by atoms with Crippen LogP contribution >= 0.6 is 0 Å². The first-order chi connectivity index (χ1) is 12.2. The van der Waals surface area contributed by atoms with Gasteiger partial charge in [0.25, 0.3) is 0 Å². The Morgan fingerprint density at radius 2 is 2.08 bits per heavy atom. The van der Waals surface area contributed by atoms with Gasteiger partial charge in [0.2, 0.25) is 5.91 Å². The highest BCUT2D eigenvalue weighted by molar-refractivity contribution is 5.83. The zero-order valence-electron chi connectivity index (χ0n) is 14.0. The van der Waals surface area contributed by atoms with Crippen LogP contribution in [0.3, 0.4) is 0 Å². The second-order valence-electron chi connectivity index (χ2n) is 6.89. The molecule has 2 fully saturated rings. The molecular formula is C18H22FN5O. The molecule has 4 rings (SSSR count). The lowest BCUT2D eigenvalue weighted by Crippen LogP contribution is -2.44. The molecule has 2 aromatic rings. The Hall–Kier alpha value is -2.28. The Morgan fingerprint density at radius 1 is 1.28 bits per heavy atom. The number of nitrogens with zero attached hydrogens (tertiary/aromatic N) is 4. The van der Waals surface area contributed by atoms with E-state index in [1.807, 2.05) is 4.68 Å². The van der Waals surface area contributed by atoms with Crippen LogP contribution in [-0.4, -0.2) is 44.2 Å². The Kier molecular flexibility index (Phi) is 4.48. The Labute approximate surface area is 146 Å². The minimum absolute atomic E-state index is 0.0135. The highest BCUT2D eigenvalue weighted by atomic mass is 19.1. The van der Waals surface area contributed by atoms with E-state index in [1.165, 1.54) is 18.5 Å². The third-order valence-corrected chi connectivity index (χ3v) is 4.98. The highest BCUT2D eigenvalue weighted by Crippen LogP contribution is 2.32. The van der Waals surface area contributed by atoms with Gasteiger partial charge in [0.1, 0.15) is 24.5 Å². The molecule has 1 aliphatic carbocycles. The van der Waals surface area contributed by atoms with Gasteiger partial charge in [-0.05, 0) is 49.9 Å². The van der Waals surface area contributed by atoms with E-state index in [2.05, 4.69) is 20.3 Å². The fourth-order valence-electron chi connectivity index (χ4n) is 3.58. The molecule has 2 atom stereocenters. The summed E-state index contributed by atoms with van der Waals surface area (Å²) >= 11 is 0.